The van der Waals surface area contributed by atoms with E-state index in [1.54, 1.807) is 0 Å². The summed E-state index contributed by atoms with van der Waals surface area (Å²) in [6.45, 7) is 22.4. The van der Waals surface area contributed by atoms with Crippen LogP contribution in [0.25, 0.3) is 0 Å². The summed E-state index contributed by atoms with van der Waals surface area (Å²) in [5, 5.41) is 0. The Hall–Kier alpha value is -4.82. The van der Waals surface area contributed by atoms with Crippen molar-refractivity contribution in [3.8, 4) is 0 Å². The van der Waals surface area contributed by atoms with Crippen LogP contribution in [0.5, 0.6) is 0 Å². The second kappa shape index (κ2) is 22.1. The van der Waals surface area contributed by atoms with Gasteiger partial charge < -0.3 is 37.9 Å². The zero-order chi connectivity index (χ0) is 38.5. The van der Waals surface area contributed by atoms with E-state index in [-0.39, 0.29) is 76.9 Å². The molecule has 14 nitrogen and oxygen atoms in total. The second-order valence-electron chi connectivity index (χ2n) is 13.0. The number of hydrogen-bond donors (Lipinski definition) is 0. The van der Waals surface area contributed by atoms with Gasteiger partial charge in [-0.15, -0.1) is 0 Å². The van der Waals surface area contributed by atoms with Gasteiger partial charge in [0.15, 0.2) is 0 Å². The summed E-state index contributed by atoms with van der Waals surface area (Å²) in [6, 6.07) is 0. The van der Waals surface area contributed by atoms with Crippen molar-refractivity contribution in [2.45, 2.75) is 39.2 Å². The quantitative estimate of drug-likeness (QED) is 0.0761. The lowest BCUT2D eigenvalue weighted by Gasteiger charge is -2.42. The third kappa shape index (κ3) is 17.1. The lowest BCUT2D eigenvalue weighted by molar-refractivity contribution is -0.169. The van der Waals surface area contributed by atoms with E-state index in [1.807, 2.05) is 0 Å². The van der Waals surface area contributed by atoms with E-state index in [9.17, 15) is 28.8 Å². The Morgan fingerprint density at radius 1 is 0.529 bits per heavy atom. The highest BCUT2D eigenvalue weighted by molar-refractivity contribution is 5.83. The van der Waals surface area contributed by atoms with Gasteiger partial charge in [0.2, 0.25) is 0 Å². The van der Waals surface area contributed by atoms with Gasteiger partial charge in [-0.05, 0) is 30.6 Å². The van der Waals surface area contributed by atoms with E-state index in [2.05, 4.69) is 53.3 Å². The van der Waals surface area contributed by atoms with E-state index in [1.165, 1.54) is 0 Å². The highest BCUT2D eigenvalue weighted by Crippen LogP contribution is 2.41. The molecule has 0 spiro atoms. The molecule has 0 aromatic rings. The minimum absolute atomic E-state index is 0.0659. The fourth-order valence-corrected chi connectivity index (χ4v) is 5.21. The van der Waals surface area contributed by atoms with Crippen molar-refractivity contribution in [1.82, 2.24) is 0 Å². The van der Waals surface area contributed by atoms with Crippen molar-refractivity contribution in [2.24, 2.45) is 22.2 Å². The summed E-state index contributed by atoms with van der Waals surface area (Å²) in [6.07, 6.45) is 7.32. The fraction of sp³-hybridized carbons (Fsp3) is 0.514. The van der Waals surface area contributed by atoms with Gasteiger partial charge in [-0.1, -0.05) is 53.3 Å². The van der Waals surface area contributed by atoms with Crippen LogP contribution in [0.2, 0.25) is 0 Å². The molecule has 51 heavy (non-hydrogen) atoms. The number of carbonyl (C=O) groups excluding carboxylic acids is 6. The average molecular weight is 719 g/mol. The van der Waals surface area contributed by atoms with Crippen LogP contribution >= 0.6 is 0 Å². The summed E-state index contributed by atoms with van der Waals surface area (Å²) in [4.78, 5) is 71.8. The highest BCUT2D eigenvalue weighted by atomic mass is 16.6. The number of esters is 6. The monoisotopic (exact) mass is 718 g/mol. The Morgan fingerprint density at radius 3 is 1.16 bits per heavy atom. The SMILES string of the molecule is C=CC(=O)OCC(COCC1CC(OCC(COC(=O)C=C)(COC(=O)C=C)COC(=O)C=C)CC(C)(C)C1)(COC(=O)C=C)COC(=O)C=C. The predicted octanol–water partition coefficient (Wildman–Crippen LogP) is 3.56. The van der Waals surface area contributed by atoms with Crippen LogP contribution < -0.4 is 0 Å². The standard InChI is InChI=1S/C37H50O14/c1-9-29(38)46-21-36(22-47-30(39)10-2,23-48-31(40)11-3)19-44-18-27-15-28(17-35(7,8)16-27)45-20-37(24-49-32(41)12-4,25-50-33(42)13-5)26-51-34(43)14-6/h9-14,27-28H,1-6,15-26H2,7-8H3. The number of rotatable bonds is 25. The van der Waals surface area contributed by atoms with Gasteiger partial charge in [-0.3, -0.25) is 0 Å². The summed E-state index contributed by atoms with van der Waals surface area (Å²) in [5.74, 6) is -4.52. The zero-order valence-corrected chi connectivity index (χ0v) is 29.6. The Balaban J connectivity index is 3.22. The van der Waals surface area contributed by atoms with E-state index in [4.69, 9.17) is 37.9 Å². The molecule has 1 fully saturated rings. The molecule has 14 heteroatoms. The van der Waals surface area contributed by atoms with Gasteiger partial charge in [0.05, 0.1) is 30.1 Å². The molecule has 1 aliphatic rings. The maximum atomic E-state index is 12.0. The summed E-state index contributed by atoms with van der Waals surface area (Å²) >= 11 is 0. The Labute approximate surface area is 299 Å². The highest BCUT2D eigenvalue weighted by Gasteiger charge is 2.41. The van der Waals surface area contributed by atoms with Gasteiger partial charge in [-0.25, -0.2) is 28.8 Å². The minimum atomic E-state index is -1.29. The van der Waals surface area contributed by atoms with E-state index in [0.717, 1.165) is 42.9 Å². The van der Waals surface area contributed by atoms with Gasteiger partial charge in [0.1, 0.15) is 39.6 Å². The molecule has 0 aliphatic heterocycles. The van der Waals surface area contributed by atoms with Crippen LogP contribution in [-0.2, 0) is 66.7 Å². The Morgan fingerprint density at radius 2 is 0.843 bits per heavy atom. The third-order valence-corrected chi connectivity index (χ3v) is 7.73. The molecular weight excluding hydrogens is 668 g/mol. The third-order valence-electron chi connectivity index (χ3n) is 7.73. The van der Waals surface area contributed by atoms with E-state index >= 15 is 0 Å². The number of hydrogen-bond acceptors (Lipinski definition) is 14. The van der Waals surface area contributed by atoms with Gasteiger partial charge in [0, 0.05) is 43.1 Å². The first kappa shape index (κ1) is 44.2. The fourth-order valence-electron chi connectivity index (χ4n) is 5.21. The molecule has 1 rings (SSSR count). The summed E-state index contributed by atoms with van der Waals surface area (Å²) in [5.41, 5.74) is -2.81. The molecule has 1 saturated carbocycles. The Kier molecular flexibility index (Phi) is 19.1. The molecule has 282 valence electrons. The molecule has 1 aliphatic carbocycles. The molecule has 2 atom stereocenters. The molecule has 0 saturated heterocycles. The van der Waals surface area contributed by atoms with Crippen LogP contribution in [-0.4, -0.2) is 101 Å². The van der Waals surface area contributed by atoms with Crippen molar-refractivity contribution >= 4 is 35.8 Å². The number of ether oxygens (including phenoxy) is 8. The molecule has 0 radical (unpaired) electrons. The first-order valence-electron chi connectivity index (χ1n) is 16.0. The van der Waals surface area contributed by atoms with Crippen LogP contribution in [0.4, 0.5) is 0 Å². The van der Waals surface area contributed by atoms with Crippen LogP contribution in [0.1, 0.15) is 33.1 Å². The first-order chi connectivity index (χ1) is 24.1. The molecule has 0 aromatic carbocycles. The average Bonchev–Trinajstić information content (AvgIpc) is 3.12. The van der Waals surface area contributed by atoms with E-state index < -0.39 is 46.6 Å². The van der Waals surface area contributed by atoms with Crippen LogP contribution in [0, 0.1) is 22.2 Å². The van der Waals surface area contributed by atoms with Crippen molar-refractivity contribution < 1.29 is 66.7 Å². The number of carbonyl (C=O) groups is 6. The van der Waals surface area contributed by atoms with Gasteiger partial charge in [-0.2, -0.15) is 0 Å². The van der Waals surface area contributed by atoms with Crippen molar-refractivity contribution in [3.63, 3.8) is 0 Å². The lowest BCUT2D eigenvalue weighted by atomic mass is 9.71. The molecule has 0 heterocycles. The van der Waals surface area contributed by atoms with Crippen molar-refractivity contribution in [2.75, 3.05) is 59.5 Å². The smallest absolute Gasteiger partial charge is 0.330 e. The molecule has 0 aromatic heterocycles. The molecule has 0 N–H and O–H groups in total. The van der Waals surface area contributed by atoms with Gasteiger partial charge in [0.25, 0.3) is 0 Å². The zero-order valence-electron chi connectivity index (χ0n) is 29.6. The molecule has 0 amide bonds. The molecule has 0 bridgehead atoms. The van der Waals surface area contributed by atoms with Crippen LogP contribution in [0.15, 0.2) is 75.9 Å². The molecule has 2 unspecified atom stereocenters. The molecular formula is C37H50O14. The van der Waals surface area contributed by atoms with Crippen molar-refractivity contribution in [3.05, 3.63) is 75.9 Å². The van der Waals surface area contributed by atoms with E-state index in [0.29, 0.717) is 12.8 Å². The summed E-state index contributed by atoms with van der Waals surface area (Å²) in [7, 11) is 0. The second-order valence-corrected chi connectivity index (χ2v) is 13.0. The topological polar surface area (TPSA) is 176 Å². The van der Waals surface area contributed by atoms with Gasteiger partial charge >= 0.3 is 35.8 Å². The van der Waals surface area contributed by atoms with Crippen LogP contribution in [0.3, 0.4) is 0 Å². The Bertz CT molecular complexity index is 1180. The lowest BCUT2D eigenvalue weighted by Crippen LogP contribution is -2.46. The normalized spacial score (nSPS) is 16.6. The predicted molar refractivity (Wildman–Crippen MR) is 183 cm³/mol. The van der Waals surface area contributed by atoms with Crippen molar-refractivity contribution in [1.29, 1.82) is 0 Å². The minimum Gasteiger partial charge on any atom is -0.462 e. The maximum Gasteiger partial charge on any atom is 0.330 e. The maximum absolute atomic E-state index is 12.0. The first-order valence-corrected chi connectivity index (χ1v) is 16.0. The summed E-state index contributed by atoms with van der Waals surface area (Å²) < 4.78 is 44.2. The largest absolute Gasteiger partial charge is 0.462 e.